The lowest BCUT2D eigenvalue weighted by Gasteiger charge is -2.35. The number of alkyl halides is 3. The molecule has 1 fully saturated rings. The van der Waals surface area contributed by atoms with E-state index in [4.69, 9.17) is 4.74 Å². The quantitative estimate of drug-likeness (QED) is 0.297. The zero-order chi connectivity index (χ0) is 29.9. The molecule has 4 aromatic rings. The van der Waals surface area contributed by atoms with E-state index >= 15 is 0 Å². The van der Waals surface area contributed by atoms with Gasteiger partial charge in [0.05, 0.1) is 11.1 Å². The molecular weight excluding hydrogens is 547 g/mol. The van der Waals surface area contributed by atoms with Crippen molar-refractivity contribution >= 4 is 22.6 Å². The second kappa shape index (κ2) is 12.5. The van der Waals surface area contributed by atoms with E-state index in [1.165, 1.54) is 18.5 Å². The van der Waals surface area contributed by atoms with Crippen LogP contribution in [0.3, 0.4) is 0 Å². The smallest absolute Gasteiger partial charge is 0.416 e. The molecule has 222 valence electrons. The van der Waals surface area contributed by atoms with Crippen molar-refractivity contribution in [3.05, 3.63) is 77.2 Å². The Bertz CT molecular complexity index is 1560. The van der Waals surface area contributed by atoms with Crippen LogP contribution in [0, 0.1) is 6.92 Å². The summed E-state index contributed by atoms with van der Waals surface area (Å²) < 4.78 is 50.2. The molecule has 1 saturated heterocycles. The van der Waals surface area contributed by atoms with Gasteiger partial charge in [0.25, 0.3) is 5.91 Å². The van der Waals surface area contributed by atoms with Gasteiger partial charge >= 0.3 is 6.18 Å². The molecular formula is C30H34F3N7O2. The van der Waals surface area contributed by atoms with Crippen LogP contribution >= 0.6 is 0 Å². The largest absolute Gasteiger partial charge is 0.437 e. The first-order chi connectivity index (χ1) is 20.1. The van der Waals surface area contributed by atoms with E-state index in [0.717, 1.165) is 37.8 Å². The summed E-state index contributed by atoms with van der Waals surface area (Å²) in [6.07, 6.45) is -1.32. The molecule has 5 rings (SSSR count). The Morgan fingerprint density at radius 2 is 1.79 bits per heavy atom. The van der Waals surface area contributed by atoms with Crippen molar-refractivity contribution in [3.63, 3.8) is 0 Å². The lowest BCUT2D eigenvalue weighted by atomic mass is 10.0. The highest BCUT2D eigenvalue weighted by atomic mass is 19.4. The number of likely N-dealkylation sites (N-methyl/N-ethyl adjacent to an activating group) is 1. The zero-order valence-corrected chi connectivity index (χ0v) is 23.8. The van der Waals surface area contributed by atoms with E-state index < -0.39 is 17.6 Å². The number of halogens is 3. The molecule has 0 radical (unpaired) electrons. The monoisotopic (exact) mass is 581 g/mol. The lowest BCUT2D eigenvalue weighted by Crippen LogP contribution is -2.47. The Labute approximate surface area is 242 Å². The summed E-state index contributed by atoms with van der Waals surface area (Å²) in [7, 11) is 3.75. The van der Waals surface area contributed by atoms with E-state index in [9.17, 15) is 18.0 Å². The number of anilines is 1. The van der Waals surface area contributed by atoms with Gasteiger partial charge in [-0.05, 0) is 55.4 Å². The number of carbonyl (C=O) groups is 1. The average molecular weight is 582 g/mol. The predicted molar refractivity (Wildman–Crippen MR) is 155 cm³/mol. The highest BCUT2D eigenvalue weighted by Crippen LogP contribution is 2.35. The first-order valence-electron chi connectivity index (χ1n) is 13.8. The summed E-state index contributed by atoms with van der Waals surface area (Å²) in [6, 6.07) is 10.7. The number of hydrogen-bond donors (Lipinski definition) is 2. The molecule has 0 bridgehead atoms. The van der Waals surface area contributed by atoms with Gasteiger partial charge in [0.15, 0.2) is 0 Å². The molecule has 42 heavy (non-hydrogen) atoms. The highest BCUT2D eigenvalue weighted by Gasteiger charge is 2.34. The predicted octanol–water partition coefficient (Wildman–Crippen LogP) is 4.68. The molecule has 0 aliphatic carbocycles. The van der Waals surface area contributed by atoms with Crippen LogP contribution in [0.2, 0.25) is 0 Å². The Kier molecular flexibility index (Phi) is 8.76. The summed E-state index contributed by atoms with van der Waals surface area (Å²) in [5, 5.41) is 5.74. The number of rotatable bonds is 9. The maximum atomic E-state index is 14.1. The van der Waals surface area contributed by atoms with Gasteiger partial charge in [0.2, 0.25) is 5.88 Å². The van der Waals surface area contributed by atoms with Gasteiger partial charge in [-0.3, -0.25) is 14.6 Å². The van der Waals surface area contributed by atoms with E-state index in [1.807, 2.05) is 42.7 Å². The second-order valence-corrected chi connectivity index (χ2v) is 10.5. The van der Waals surface area contributed by atoms with Crippen LogP contribution in [-0.4, -0.2) is 76.6 Å². The van der Waals surface area contributed by atoms with E-state index in [-0.39, 0.29) is 23.4 Å². The van der Waals surface area contributed by atoms with Crippen molar-refractivity contribution in [2.45, 2.75) is 19.6 Å². The zero-order valence-electron chi connectivity index (χ0n) is 23.8. The number of ether oxygens (including phenoxy) is 1. The Morgan fingerprint density at radius 1 is 1.02 bits per heavy atom. The van der Waals surface area contributed by atoms with Crippen molar-refractivity contribution < 1.29 is 22.7 Å². The molecule has 0 saturated carbocycles. The third kappa shape index (κ3) is 6.72. The molecule has 1 aliphatic heterocycles. The summed E-state index contributed by atoms with van der Waals surface area (Å²) >= 11 is 0. The first-order valence-corrected chi connectivity index (χ1v) is 13.8. The fourth-order valence-electron chi connectivity index (χ4n) is 5.06. The fourth-order valence-corrected chi connectivity index (χ4v) is 5.06. The number of nitrogens with one attached hydrogen (secondary N) is 2. The van der Waals surface area contributed by atoms with Gasteiger partial charge in [0, 0.05) is 70.3 Å². The van der Waals surface area contributed by atoms with E-state index in [0.29, 0.717) is 35.8 Å². The van der Waals surface area contributed by atoms with Crippen molar-refractivity contribution in [3.8, 4) is 11.6 Å². The molecule has 12 heteroatoms. The van der Waals surface area contributed by atoms with Crippen LogP contribution < -0.4 is 15.4 Å². The molecule has 2 aromatic heterocycles. The van der Waals surface area contributed by atoms with Crippen LogP contribution in [0.25, 0.3) is 11.0 Å². The minimum absolute atomic E-state index is 0.0670. The number of aryl methyl sites for hydroxylation is 2. The molecule has 2 aromatic carbocycles. The van der Waals surface area contributed by atoms with Gasteiger partial charge in [-0.1, -0.05) is 12.1 Å². The number of hydrogen-bond acceptors (Lipinski definition) is 7. The van der Waals surface area contributed by atoms with Crippen molar-refractivity contribution in [1.29, 1.82) is 0 Å². The van der Waals surface area contributed by atoms with Crippen molar-refractivity contribution in [2.75, 3.05) is 51.6 Å². The van der Waals surface area contributed by atoms with E-state index in [2.05, 4.69) is 25.5 Å². The standard InChI is InChI=1S/C30H34F3N7O2/c1-20-4-5-21(16-26(20)42-29-27-25(35-19-36-29)8-10-38(27)3)28(41)37-23-7-6-22(24(17-23)30(31,32)33)18-40-14-12-39(13-15-40)11-9-34-2/h4-8,10,16-17,19,34H,9,11-15,18H2,1-3H3,(H,37,41). The number of amides is 1. The summed E-state index contributed by atoms with van der Waals surface area (Å²) in [4.78, 5) is 25.9. The maximum absolute atomic E-state index is 14.1. The van der Waals surface area contributed by atoms with Crippen LogP contribution in [0.5, 0.6) is 11.6 Å². The fraction of sp³-hybridized carbons (Fsp3) is 0.367. The van der Waals surface area contributed by atoms with Gasteiger partial charge in [-0.15, -0.1) is 0 Å². The number of piperazine rings is 1. The molecule has 0 spiro atoms. The molecule has 3 heterocycles. The number of benzene rings is 2. The Balaban J connectivity index is 1.30. The summed E-state index contributed by atoms with van der Waals surface area (Å²) in [6.45, 7) is 6.83. The molecule has 9 nitrogen and oxygen atoms in total. The van der Waals surface area contributed by atoms with Gasteiger partial charge < -0.3 is 19.9 Å². The number of carbonyl (C=O) groups excluding carboxylic acids is 1. The SMILES string of the molecule is CNCCN1CCN(Cc2ccc(NC(=O)c3ccc(C)c(Oc4ncnc5ccn(C)c45)c3)cc2C(F)(F)F)CC1. The first kappa shape index (κ1) is 29.5. The normalized spacial score (nSPS) is 14.8. The Morgan fingerprint density at radius 3 is 2.52 bits per heavy atom. The third-order valence-corrected chi connectivity index (χ3v) is 7.49. The van der Waals surface area contributed by atoms with Crippen molar-refractivity contribution in [1.82, 2.24) is 29.7 Å². The summed E-state index contributed by atoms with van der Waals surface area (Å²) in [5.41, 5.74) is 1.91. The second-order valence-electron chi connectivity index (χ2n) is 10.5. The molecule has 0 atom stereocenters. The topological polar surface area (TPSA) is 87.6 Å². The molecule has 0 unspecified atom stereocenters. The maximum Gasteiger partial charge on any atom is 0.416 e. The van der Waals surface area contributed by atoms with Crippen LogP contribution in [0.1, 0.15) is 27.0 Å². The lowest BCUT2D eigenvalue weighted by molar-refractivity contribution is -0.138. The number of aromatic nitrogens is 3. The molecule has 1 aliphatic rings. The highest BCUT2D eigenvalue weighted by molar-refractivity contribution is 6.04. The van der Waals surface area contributed by atoms with Crippen molar-refractivity contribution in [2.24, 2.45) is 7.05 Å². The minimum Gasteiger partial charge on any atom is -0.437 e. The minimum atomic E-state index is -4.56. The van der Waals surface area contributed by atoms with E-state index in [1.54, 1.807) is 18.2 Å². The molecule has 1 amide bonds. The van der Waals surface area contributed by atoms with Crippen LogP contribution in [0.15, 0.2) is 55.0 Å². The third-order valence-electron chi connectivity index (χ3n) is 7.49. The average Bonchev–Trinajstić information content (AvgIpc) is 3.35. The van der Waals surface area contributed by atoms with Crippen LogP contribution in [0.4, 0.5) is 18.9 Å². The number of nitrogens with zero attached hydrogens (tertiary/aromatic N) is 5. The van der Waals surface area contributed by atoms with Crippen LogP contribution in [-0.2, 0) is 19.8 Å². The molecule has 2 N–H and O–H groups in total. The Hall–Kier alpha value is -4.00. The summed E-state index contributed by atoms with van der Waals surface area (Å²) in [5.74, 6) is 0.185. The number of fused-ring (bicyclic) bond motifs is 1. The van der Waals surface area contributed by atoms with Gasteiger partial charge in [-0.2, -0.15) is 18.2 Å². The van der Waals surface area contributed by atoms with Gasteiger partial charge in [0.1, 0.15) is 17.6 Å². The van der Waals surface area contributed by atoms with Gasteiger partial charge in [-0.25, -0.2) is 4.98 Å².